The molecule has 0 fully saturated rings. The van der Waals surface area contributed by atoms with Crippen LogP contribution in [0.1, 0.15) is 36.1 Å². The van der Waals surface area contributed by atoms with Crippen molar-refractivity contribution < 1.29 is 4.21 Å². The van der Waals surface area contributed by atoms with E-state index in [1.165, 1.54) is 24.0 Å². The number of benzene rings is 2. The average Bonchev–Trinajstić information content (AvgIpc) is 3.02. The molecule has 0 saturated heterocycles. The average molecular weight is 469 g/mol. The third-order valence-corrected chi connectivity index (χ3v) is 5.33. The van der Waals surface area contributed by atoms with E-state index in [2.05, 4.69) is 28.5 Å². The summed E-state index contributed by atoms with van der Waals surface area (Å²) in [6, 6.07) is 14.0. The third kappa shape index (κ3) is 5.04. The van der Waals surface area contributed by atoms with Gasteiger partial charge in [-0.2, -0.15) is 0 Å². The fourth-order valence-electron chi connectivity index (χ4n) is 3.05. The number of aryl methyl sites for hydroxylation is 2. The highest BCUT2D eigenvalue weighted by Crippen LogP contribution is 2.25. The summed E-state index contributed by atoms with van der Waals surface area (Å²) in [6.07, 6.45) is 5.23. The van der Waals surface area contributed by atoms with Gasteiger partial charge in [-0.15, -0.1) is 24.0 Å². The number of guanidine groups is 1. The van der Waals surface area contributed by atoms with Gasteiger partial charge in [-0.1, -0.05) is 18.2 Å². The number of aliphatic imine (C=N–C) groups is 1. The highest BCUT2D eigenvalue weighted by molar-refractivity contribution is 14.0. The van der Waals surface area contributed by atoms with Gasteiger partial charge in [-0.3, -0.25) is 4.21 Å². The van der Waals surface area contributed by atoms with Crippen LogP contribution in [0.4, 0.5) is 5.69 Å². The van der Waals surface area contributed by atoms with Crippen LogP contribution in [0.5, 0.6) is 0 Å². The molecule has 0 aromatic heterocycles. The summed E-state index contributed by atoms with van der Waals surface area (Å²) in [5.74, 6) is 0.406. The zero-order valence-corrected chi connectivity index (χ0v) is 17.6. The summed E-state index contributed by atoms with van der Waals surface area (Å²) >= 11 is 0. The Morgan fingerprint density at radius 1 is 1.16 bits per heavy atom. The maximum Gasteiger partial charge on any atom is 0.193 e. The highest BCUT2D eigenvalue weighted by atomic mass is 127. The van der Waals surface area contributed by atoms with Gasteiger partial charge < -0.3 is 11.1 Å². The Kier molecular flexibility index (Phi) is 7.01. The third-order valence-electron chi connectivity index (χ3n) is 4.40. The lowest BCUT2D eigenvalue weighted by Crippen LogP contribution is -2.23. The highest BCUT2D eigenvalue weighted by Gasteiger charge is 2.11. The Morgan fingerprint density at radius 2 is 1.84 bits per heavy atom. The second-order valence-electron chi connectivity index (χ2n) is 6.18. The number of rotatable bonds is 4. The number of nitrogens with zero attached hydrogens (tertiary/aromatic N) is 1. The van der Waals surface area contributed by atoms with Crippen molar-refractivity contribution in [3.05, 3.63) is 59.2 Å². The zero-order valence-electron chi connectivity index (χ0n) is 14.5. The van der Waals surface area contributed by atoms with Crippen LogP contribution in [0.15, 0.2) is 52.4 Å². The van der Waals surface area contributed by atoms with Gasteiger partial charge in [-0.05, 0) is 67.1 Å². The number of hydrogen-bond acceptors (Lipinski definition) is 2. The van der Waals surface area contributed by atoms with E-state index in [0.29, 0.717) is 5.96 Å². The molecule has 3 rings (SSSR count). The van der Waals surface area contributed by atoms with Gasteiger partial charge in [0.15, 0.2) is 5.96 Å². The minimum atomic E-state index is -0.961. The van der Waals surface area contributed by atoms with E-state index < -0.39 is 10.8 Å². The predicted octanol–water partition coefficient (Wildman–Crippen LogP) is 4.02. The number of nitrogens with two attached hydrogens (primary N) is 1. The van der Waals surface area contributed by atoms with Crippen molar-refractivity contribution in [1.29, 1.82) is 0 Å². The molecule has 0 spiro atoms. The SMILES string of the molecule is CC(N=C(N)Nc1ccc2c(c1)CCC2)c1ccc(S(C)=O)cc1.I. The van der Waals surface area contributed by atoms with E-state index in [9.17, 15) is 4.21 Å². The van der Waals surface area contributed by atoms with Crippen molar-refractivity contribution >= 4 is 46.4 Å². The number of halogens is 1. The van der Waals surface area contributed by atoms with Crippen molar-refractivity contribution in [2.45, 2.75) is 37.1 Å². The maximum absolute atomic E-state index is 11.4. The lowest BCUT2D eigenvalue weighted by atomic mass is 10.1. The van der Waals surface area contributed by atoms with Crippen LogP contribution in [0.25, 0.3) is 0 Å². The van der Waals surface area contributed by atoms with Crippen LogP contribution < -0.4 is 11.1 Å². The van der Waals surface area contributed by atoms with Crippen molar-refractivity contribution in [1.82, 2.24) is 0 Å². The molecule has 25 heavy (non-hydrogen) atoms. The second kappa shape index (κ2) is 8.80. The first-order chi connectivity index (χ1) is 11.5. The van der Waals surface area contributed by atoms with E-state index in [-0.39, 0.29) is 30.0 Å². The van der Waals surface area contributed by atoms with E-state index in [4.69, 9.17) is 5.73 Å². The maximum atomic E-state index is 11.4. The molecule has 0 amide bonds. The molecule has 2 aromatic carbocycles. The molecule has 134 valence electrons. The summed E-state index contributed by atoms with van der Waals surface area (Å²) in [5, 5.41) is 3.18. The summed E-state index contributed by atoms with van der Waals surface area (Å²) in [6.45, 7) is 2.00. The van der Waals surface area contributed by atoms with Gasteiger partial charge in [0.05, 0.1) is 6.04 Å². The first kappa shape index (κ1) is 19.9. The first-order valence-corrected chi connectivity index (χ1v) is 9.74. The van der Waals surface area contributed by atoms with Crippen LogP contribution in [-0.4, -0.2) is 16.4 Å². The Balaban J connectivity index is 0.00000225. The molecule has 2 aromatic rings. The minimum absolute atomic E-state index is 0. The Bertz CT molecular complexity index is 790. The summed E-state index contributed by atoms with van der Waals surface area (Å²) in [7, 11) is -0.961. The second-order valence-corrected chi connectivity index (χ2v) is 7.56. The van der Waals surface area contributed by atoms with Crippen LogP contribution in [0, 0.1) is 0 Å². The lowest BCUT2D eigenvalue weighted by molar-refractivity contribution is 0.686. The van der Waals surface area contributed by atoms with Gasteiger partial charge >= 0.3 is 0 Å². The normalized spacial score (nSPS) is 15.8. The van der Waals surface area contributed by atoms with E-state index in [1.807, 2.05) is 31.2 Å². The molecule has 2 unspecified atom stereocenters. The molecular weight excluding hydrogens is 445 g/mol. The first-order valence-electron chi connectivity index (χ1n) is 8.18. The Labute approximate surface area is 168 Å². The van der Waals surface area contributed by atoms with E-state index >= 15 is 0 Å². The van der Waals surface area contributed by atoms with Gasteiger partial charge in [0.25, 0.3) is 0 Å². The summed E-state index contributed by atoms with van der Waals surface area (Å²) in [5.41, 5.74) is 10.9. The van der Waals surface area contributed by atoms with Gasteiger partial charge in [-0.25, -0.2) is 4.99 Å². The quantitative estimate of drug-likeness (QED) is 0.404. The number of fused-ring (bicyclic) bond motifs is 1. The van der Waals surface area contributed by atoms with Crippen molar-refractivity contribution in [2.75, 3.05) is 11.6 Å². The van der Waals surface area contributed by atoms with Gasteiger partial charge in [0, 0.05) is 27.6 Å². The smallest absolute Gasteiger partial charge is 0.193 e. The van der Waals surface area contributed by atoms with Crippen molar-refractivity contribution in [3.63, 3.8) is 0 Å². The largest absolute Gasteiger partial charge is 0.370 e. The molecular formula is C19H24IN3OS. The topological polar surface area (TPSA) is 67.5 Å². The molecule has 0 bridgehead atoms. The molecule has 4 nitrogen and oxygen atoms in total. The van der Waals surface area contributed by atoms with Crippen LogP contribution in [0.2, 0.25) is 0 Å². The molecule has 1 aliphatic carbocycles. The number of hydrogen-bond donors (Lipinski definition) is 2. The van der Waals surface area contributed by atoms with Crippen LogP contribution in [-0.2, 0) is 23.6 Å². The van der Waals surface area contributed by atoms with E-state index in [0.717, 1.165) is 22.6 Å². The number of anilines is 1. The standard InChI is InChI=1S/C19H23N3OS.HI/c1-13(14-7-10-18(11-8-14)24(2)23)21-19(20)22-17-9-6-15-4-3-5-16(15)12-17;/h6-13H,3-5H2,1-2H3,(H3,20,21,22);1H. The molecule has 2 atom stereocenters. The van der Waals surface area contributed by atoms with Gasteiger partial charge in [0.1, 0.15) is 0 Å². The molecule has 0 radical (unpaired) electrons. The molecule has 0 heterocycles. The van der Waals surface area contributed by atoms with E-state index in [1.54, 1.807) is 6.26 Å². The molecule has 0 saturated carbocycles. The Morgan fingerprint density at radius 3 is 2.52 bits per heavy atom. The number of nitrogens with one attached hydrogen (secondary N) is 1. The Hall–Kier alpha value is -1.41. The van der Waals surface area contributed by atoms with Gasteiger partial charge in [0.2, 0.25) is 0 Å². The zero-order chi connectivity index (χ0) is 17.1. The summed E-state index contributed by atoms with van der Waals surface area (Å²) < 4.78 is 11.4. The van der Waals surface area contributed by atoms with Crippen molar-refractivity contribution in [3.8, 4) is 0 Å². The molecule has 3 N–H and O–H groups in total. The summed E-state index contributed by atoms with van der Waals surface area (Å²) in [4.78, 5) is 5.34. The molecule has 1 aliphatic rings. The minimum Gasteiger partial charge on any atom is -0.370 e. The fourth-order valence-corrected chi connectivity index (χ4v) is 3.57. The van der Waals surface area contributed by atoms with Crippen LogP contribution >= 0.6 is 24.0 Å². The monoisotopic (exact) mass is 469 g/mol. The fraction of sp³-hybridized carbons (Fsp3) is 0.316. The molecule has 6 heteroatoms. The predicted molar refractivity (Wildman–Crippen MR) is 116 cm³/mol. The molecule has 0 aliphatic heterocycles. The van der Waals surface area contributed by atoms with Crippen molar-refractivity contribution in [2.24, 2.45) is 10.7 Å². The van der Waals surface area contributed by atoms with Crippen LogP contribution in [0.3, 0.4) is 0 Å². The lowest BCUT2D eigenvalue weighted by Gasteiger charge is -2.12.